The SMILES string of the molecule is Cc1c(CNC(=O)C[C@H]2CNCCO2)oc2ccccc12. The maximum Gasteiger partial charge on any atom is 0.223 e. The van der Waals surface area contributed by atoms with Crippen molar-refractivity contribution in [3.8, 4) is 0 Å². The number of benzene rings is 1. The number of furan rings is 1. The van der Waals surface area contributed by atoms with E-state index in [-0.39, 0.29) is 12.0 Å². The summed E-state index contributed by atoms with van der Waals surface area (Å²) in [6.07, 6.45) is 0.349. The highest BCUT2D eigenvalue weighted by Crippen LogP contribution is 2.24. The standard InChI is InChI=1S/C16H20N2O3/c1-11-13-4-2-3-5-14(13)21-15(11)10-18-16(19)8-12-9-17-6-7-20-12/h2-5,12,17H,6-10H2,1H3,(H,18,19)/t12-/m0/s1. The minimum absolute atomic E-state index is 0.0106. The number of ether oxygens (including phenoxy) is 1. The summed E-state index contributed by atoms with van der Waals surface area (Å²) in [5, 5.41) is 7.22. The number of hydrogen-bond acceptors (Lipinski definition) is 4. The first-order chi connectivity index (χ1) is 10.2. The van der Waals surface area contributed by atoms with E-state index >= 15 is 0 Å². The van der Waals surface area contributed by atoms with Crippen LogP contribution in [0.15, 0.2) is 28.7 Å². The molecule has 0 saturated carbocycles. The molecule has 1 fully saturated rings. The first-order valence-corrected chi connectivity index (χ1v) is 7.30. The summed E-state index contributed by atoms with van der Waals surface area (Å²) in [5.41, 5.74) is 1.94. The van der Waals surface area contributed by atoms with Crippen LogP contribution in [0.25, 0.3) is 11.0 Å². The molecule has 1 aromatic heterocycles. The Kier molecular flexibility index (Phi) is 4.22. The number of carbonyl (C=O) groups excluding carboxylic acids is 1. The summed E-state index contributed by atoms with van der Waals surface area (Å²) in [4.78, 5) is 12.0. The Morgan fingerprint density at radius 2 is 2.29 bits per heavy atom. The second kappa shape index (κ2) is 6.28. The van der Waals surface area contributed by atoms with Gasteiger partial charge in [0.15, 0.2) is 0 Å². The maximum absolute atomic E-state index is 12.0. The molecule has 1 atom stereocenters. The van der Waals surface area contributed by atoms with Crippen LogP contribution in [0.2, 0.25) is 0 Å². The fourth-order valence-electron chi connectivity index (χ4n) is 2.60. The molecule has 1 aromatic carbocycles. The van der Waals surface area contributed by atoms with Gasteiger partial charge >= 0.3 is 0 Å². The van der Waals surface area contributed by atoms with Gasteiger partial charge in [0.1, 0.15) is 11.3 Å². The molecule has 0 unspecified atom stereocenters. The van der Waals surface area contributed by atoms with Crippen LogP contribution in [0.1, 0.15) is 17.7 Å². The first kappa shape index (κ1) is 14.1. The molecule has 1 aliphatic rings. The van der Waals surface area contributed by atoms with Crippen LogP contribution in [0.5, 0.6) is 0 Å². The number of rotatable bonds is 4. The van der Waals surface area contributed by atoms with Crippen LogP contribution in [-0.4, -0.2) is 31.7 Å². The van der Waals surface area contributed by atoms with Gasteiger partial charge in [-0.1, -0.05) is 18.2 Å². The molecule has 1 aliphatic heterocycles. The monoisotopic (exact) mass is 288 g/mol. The summed E-state index contributed by atoms with van der Waals surface area (Å²) < 4.78 is 11.3. The van der Waals surface area contributed by atoms with Crippen molar-refractivity contribution < 1.29 is 13.9 Å². The van der Waals surface area contributed by atoms with E-state index in [1.807, 2.05) is 31.2 Å². The van der Waals surface area contributed by atoms with E-state index in [2.05, 4.69) is 10.6 Å². The molecule has 112 valence electrons. The fraction of sp³-hybridized carbons (Fsp3) is 0.438. The maximum atomic E-state index is 12.0. The van der Waals surface area contributed by atoms with E-state index in [0.717, 1.165) is 35.4 Å². The smallest absolute Gasteiger partial charge is 0.223 e. The molecular weight excluding hydrogens is 268 g/mol. The van der Waals surface area contributed by atoms with Gasteiger partial charge in [-0.15, -0.1) is 0 Å². The van der Waals surface area contributed by atoms with Crippen LogP contribution in [-0.2, 0) is 16.1 Å². The van der Waals surface area contributed by atoms with Gasteiger partial charge in [0, 0.05) is 24.0 Å². The second-order valence-electron chi connectivity index (χ2n) is 5.32. The molecule has 2 N–H and O–H groups in total. The Bertz CT molecular complexity index is 629. The lowest BCUT2D eigenvalue weighted by Gasteiger charge is -2.22. The van der Waals surface area contributed by atoms with Gasteiger partial charge in [0.25, 0.3) is 0 Å². The van der Waals surface area contributed by atoms with Crippen molar-refractivity contribution in [2.75, 3.05) is 19.7 Å². The quantitative estimate of drug-likeness (QED) is 0.899. The molecule has 1 amide bonds. The summed E-state index contributed by atoms with van der Waals surface area (Å²) in [5.74, 6) is 0.802. The Morgan fingerprint density at radius 3 is 3.05 bits per heavy atom. The van der Waals surface area contributed by atoms with Crippen LogP contribution in [0, 0.1) is 6.92 Å². The normalized spacial score (nSPS) is 18.8. The molecule has 2 heterocycles. The molecule has 21 heavy (non-hydrogen) atoms. The minimum Gasteiger partial charge on any atom is -0.459 e. The summed E-state index contributed by atoms with van der Waals surface area (Å²) in [7, 11) is 0. The van der Waals surface area contributed by atoms with Crippen molar-refractivity contribution in [1.82, 2.24) is 10.6 Å². The highest BCUT2D eigenvalue weighted by atomic mass is 16.5. The molecule has 0 radical (unpaired) electrons. The largest absolute Gasteiger partial charge is 0.459 e. The van der Waals surface area contributed by atoms with E-state index in [9.17, 15) is 4.79 Å². The third kappa shape index (κ3) is 3.25. The zero-order valence-electron chi connectivity index (χ0n) is 12.1. The number of carbonyl (C=O) groups is 1. The third-order valence-electron chi connectivity index (χ3n) is 3.81. The van der Waals surface area contributed by atoms with Crippen LogP contribution in [0.4, 0.5) is 0 Å². The van der Waals surface area contributed by atoms with E-state index in [1.54, 1.807) is 0 Å². The van der Waals surface area contributed by atoms with Gasteiger partial charge in [-0.3, -0.25) is 4.79 Å². The highest BCUT2D eigenvalue weighted by molar-refractivity contribution is 5.82. The van der Waals surface area contributed by atoms with Crippen molar-refractivity contribution in [3.63, 3.8) is 0 Å². The Labute approximate surface area is 123 Å². The van der Waals surface area contributed by atoms with Gasteiger partial charge < -0.3 is 19.8 Å². The zero-order valence-corrected chi connectivity index (χ0v) is 12.1. The lowest BCUT2D eigenvalue weighted by atomic mass is 10.1. The Balaban J connectivity index is 1.58. The molecular formula is C16H20N2O3. The van der Waals surface area contributed by atoms with Crippen molar-refractivity contribution >= 4 is 16.9 Å². The Morgan fingerprint density at radius 1 is 1.43 bits per heavy atom. The van der Waals surface area contributed by atoms with Gasteiger partial charge in [0.05, 0.1) is 25.7 Å². The molecule has 1 saturated heterocycles. The summed E-state index contributed by atoms with van der Waals surface area (Å²) >= 11 is 0. The van der Waals surface area contributed by atoms with Crippen LogP contribution < -0.4 is 10.6 Å². The molecule has 0 bridgehead atoms. The lowest BCUT2D eigenvalue weighted by molar-refractivity contribution is -0.124. The van der Waals surface area contributed by atoms with Crippen molar-refractivity contribution in [1.29, 1.82) is 0 Å². The number of hydrogen-bond donors (Lipinski definition) is 2. The fourth-order valence-corrected chi connectivity index (χ4v) is 2.60. The van der Waals surface area contributed by atoms with Crippen molar-refractivity contribution in [2.45, 2.75) is 26.0 Å². The predicted octanol–water partition coefficient (Wildman–Crippen LogP) is 1.74. The van der Waals surface area contributed by atoms with Crippen LogP contribution >= 0.6 is 0 Å². The zero-order chi connectivity index (χ0) is 14.7. The lowest BCUT2D eigenvalue weighted by Crippen LogP contribution is -2.41. The van der Waals surface area contributed by atoms with Crippen molar-refractivity contribution in [2.24, 2.45) is 0 Å². The minimum atomic E-state index is -0.0319. The average molecular weight is 288 g/mol. The average Bonchev–Trinajstić information content (AvgIpc) is 2.83. The number of para-hydroxylation sites is 1. The first-order valence-electron chi connectivity index (χ1n) is 7.30. The van der Waals surface area contributed by atoms with Gasteiger partial charge in [-0.25, -0.2) is 0 Å². The number of aryl methyl sites for hydroxylation is 1. The predicted molar refractivity (Wildman–Crippen MR) is 80.0 cm³/mol. The molecule has 3 rings (SSSR count). The van der Waals surface area contributed by atoms with E-state index in [1.165, 1.54) is 0 Å². The summed E-state index contributed by atoms with van der Waals surface area (Å²) in [6, 6.07) is 7.90. The molecule has 5 nitrogen and oxygen atoms in total. The molecule has 0 spiro atoms. The van der Waals surface area contributed by atoms with Crippen LogP contribution in [0.3, 0.4) is 0 Å². The number of fused-ring (bicyclic) bond motifs is 1. The number of nitrogens with one attached hydrogen (secondary N) is 2. The van der Waals surface area contributed by atoms with E-state index < -0.39 is 0 Å². The number of morpholine rings is 1. The van der Waals surface area contributed by atoms with Gasteiger partial charge in [-0.05, 0) is 13.0 Å². The third-order valence-corrected chi connectivity index (χ3v) is 3.81. The molecule has 2 aromatic rings. The Hall–Kier alpha value is -1.85. The van der Waals surface area contributed by atoms with Crippen molar-refractivity contribution in [3.05, 3.63) is 35.6 Å². The highest BCUT2D eigenvalue weighted by Gasteiger charge is 2.18. The topological polar surface area (TPSA) is 63.5 Å². The van der Waals surface area contributed by atoms with Gasteiger partial charge in [-0.2, -0.15) is 0 Å². The molecule has 5 heteroatoms. The summed E-state index contributed by atoms with van der Waals surface area (Å²) in [6.45, 7) is 4.69. The molecule has 0 aliphatic carbocycles. The van der Waals surface area contributed by atoms with E-state index in [4.69, 9.17) is 9.15 Å². The number of amides is 1. The van der Waals surface area contributed by atoms with Gasteiger partial charge in [0.2, 0.25) is 5.91 Å². The van der Waals surface area contributed by atoms with E-state index in [0.29, 0.717) is 19.6 Å². The second-order valence-corrected chi connectivity index (χ2v) is 5.32.